The van der Waals surface area contributed by atoms with Crippen molar-refractivity contribution in [2.75, 3.05) is 6.54 Å². The molecule has 0 radical (unpaired) electrons. The van der Waals surface area contributed by atoms with Crippen molar-refractivity contribution in [2.45, 2.75) is 38.6 Å². The van der Waals surface area contributed by atoms with E-state index in [2.05, 4.69) is 36.5 Å². The fourth-order valence-electron chi connectivity index (χ4n) is 2.48. The molecule has 1 aliphatic rings. The van der Waals surface area contributed by atoms with Crippen molar-refractivity contribution in [1.29, 1.82) is 0 Å². The van der Waals surface area contributed by atoms with Crippen molar-refractivity contribution in [3.05, 3.63) is 35.4 Å². The molecule has 2 atom stereocenters. The first kappa shape index (κ1) is 16.0. The van der Waals surface area contributed by atoms with Gasteiger partial charge in [-0.05, 0) is 38.2 Å². The van der Waals surface area contributed by atoms with Gasteiger partial charge in [0, 0.05) is 18.5 Å². The lowest BCUT2D eigenvalue weighted by Gasteiger charge is -2.10. The monoisotopic (exact) mass is 282 g/mol. The number of carbonyl (C=O) groups excluding carboxylic acids is 1. The second kappa shape index (κ2) is 7.51. The molecule has 0 aromatic heterocycles. The SMILES string of the molecule is Cc1ccc(CCNC(=O)C2CCC(N)C2)cc1.Cl. The minimum absolute atomic E-state index is 0. The molecule has 0 aliphatic heterocycles. The first-order chi connectivity index (χ1) is 8.65. The summed E-state index contributed by atoms with van der Waals surface area (Å²) in [7, 11) is 0. The molecule has 4 heteroatoms. The van der Waals surface area contributed by atoms with E-state index in [0.717, 1.165) is 25.7 Å². The summed E-state index contributed by atoms with van der Waals surface area (Å²) in [4.78, 5) is 11.9. The van der Waals surface area contributed by atoms with E-state index in [4.69, 9.17) is 5.73 Å². The highest BCUT2D eigenvalue weighted by Gasteiger charge is 2.27. The van der Waals surface area contributed by atoms with Crippen LogP contribution in [0, 0.1) is 12.8 Å². The van der Waals surface area contributed by atoms with E-state index < -0.39 is 0 Å². The number of halogens is 1. The van der Waals surface area contributed by atoms with Crippen molar-refractivity contribution in [1.82, 2.24) is 5.32 Å². The zero-order valence-corrected chi connectivity index (χ0v) is 12.2. The van der Waals surface area contributed by atoms with Gasteiger partial charge in [0.1, 0.15) is 0 Å². The van der Waals surface area contributed by atoms with E-state index in [1.54, 1.807) is 0 Å². The summed E-state index contributed by atoms with van der Waals surface area (Å²) >= 11 is 0. The van der Waals surface area contributed by atoms with Gasteiger partial charge in [-0.25, -0.2) is 0 Å². The van der Waals surface area contributed by atoms with Gasteiger partial charge in [0.05, 0.1) is 0 Å². The van der Waals surface area contributed by atoms with Gasteiger partial charge in [-0.3, -0.25) is 4.79 Å². The standard InChI is InChI=1S/C15H22N2O.ClH/c1-11-2-4-12(5-3-11)8-9-17-15(18)13-6-7-14(16)10-13;/h2-5,13-14H,6-10,16H2,1H3,(H,17,18);1H. The number of benzene rings is 1. The number of nitrogens with two attached hydrogens (primary N) is 1. The number of hydrogen-bond donors (Lipinski definition) is 2. The van der Waals surface area contributed by atoms with Gasteiger partial charge in [0.15, 0.2) is 0 Å². The predicted molar refractivity (Wildman–Crippen MR) is 80.5 cm³/mol. The molecule has 0 spiro atoms. The summed E-state index contributed by atoms with van der Waals surface area (Å²) in [6.45, 7) is 2.79. The molecule has 1 aromatic rings. The van der Waals surface area contributed by atoms with E-state index in [1.165, 1.54) is 11.1 Å². The summed E-state index contributed by atoms with van der Waals surface area (Å²) in [6, 6.07) is 8.66. The lowest BCUT2D eigenvalue weighted by atomic mass is 10.1. The Kier molecular flexibility index (Phi) is 6.32. The van der Waals surface area contributed by atoms with Crippen molar-refractivity contribution in [3.8, 4) is 0 Å². The van der Waals surface area contributed by atoms with Gasteiger partial charge in [0.25, 0.3) is 0 Å². The minimum atomic E-state index is 0. The molecular weight excluding hydrogens is 260 g/mol. The van der Waals surface area contributed by atoms with Crippen molar-refractivity contribution < 1.29 is 4.79 Å². The third kappa shape index (κ3) is 4.84. The summed E-state index contributed by atoms with van der Waals surface area (Å²) in [6.07, 6.45) is 3.66. The van der Waals surface area contributed by atoms with E-state index >= 15 is 0 Å². The van der Waals surface area contributed by atoms with Crippen LogP contribution in [0.4, 0.5) is 0 Å². The second-order valence-electron chi connectivity index (χ2n) is 5.30. The Hall–Kier alpha value is -1.06. The van der Waals surface area contributed by atoms with Gasteiger partial charge in [-0.1, -0.05) is 29.8 Å². The van der Waals surface area contributed by atoms with Gasteiger partial charge in [-0.2, -0.15) is 0 Å². The first-order valence-corrected chi connectivity index (χ1v) is 6.74. The van der Waals surface area contributed by atoms with Crippen LogP contribution in [0.2, 0.25) is 0 Å². The van der Waals surface area contributed by atoms with Gasteiger partial charge in [0.2, 0.25) is 5.91 Å². The van der Waals surface area contributed by atoms with Crippen molar-refractivity contribution >= 4 is 18.3 Å². The quantitative estimate of drug-likeness (QED) is 0.890. The molecule has 3 nitrogen and oxygen atoms in total. The summed E-state index contributed by atoms with van der Waals surface area (Å²) in [5.41, 5.74) is 8.35. The fraction of sp³-hybridized carbons (Fsp3) is 0.533. The van der Waals surface area contributed by atoms with Crippen molar-refractivity contribution in [3.63, 3.8) is 0 Å². The molecule has 106 valence electrons. The van der Waals surface area contributed by atoms with E-state index in [9.17, 15) is 4.79 Å². The van der Waals surface area contributed by atoms with Crippen LogP contribution < -0.4 is 11.1 Å². The third-order valence-electron chi connectivity index (χ3n) is 3.68. The van der Waals surface area contributed by atoms with Gasteiger partial charge < -0.3 is 11.1 Å². The van der Waals surface area contributed by atoms with Crippen LogP contribution in [0.15, 0.2) is 24.3 Å². The molecule has 19 heavy (non-hydrogen) atoms. The number of rotatable bonds is 4. The minimum Gasteiger partial charge on any atom is -0.356 e. The van der Waals surface area contributed by atoms with Crippen LogP contribution in [-0.2, 0) is 11.2 Å². The molecule has 0 heterocycles. The maximum Gasteiger partial charge on any atom is 0.223 e. The highest BCUT2D eigenvalue weighted by molar-refractivity contribution is 5.85. The Balaban J connectivity index is 0.00000180. The van der Waals surface area contributed by atoms with E-state index in [0.29, 0.717) is 6.54 Å². The summed E-state index contributed by atoms with van der Waals surface area (Å²) in [5, 5.41) is 3.01. The molecule has 1 aromatic carbocycles. The van der Waals surface area contributed by atoms with Crippen molar-refractivity contribution in [2.24, 2.45) is 11.7 Å². The molecule has 1 saturated carbocycles. The Morgan fingerprint density at radius 3 is 2.58 bits per heavy atom. The average molecular weight is 283 g/mol. The third-order valence-corrected chi connectivity index (χ3v) is 3.68. The normalized spacial score (nSPS) is 21.8. The molecular formula is C15H23ClN2O. The van der Waals surface area contributed by atoms with E-state index in [-0.39, 0.29) is 30.3 Å². The van der Waals surface area contributed by atoms with Crippen LogP contribution in [0.3, 0.4) is 0 Å². The van der Waals surface area contributed by atoms with Crippen LogP contribution >= 0.6 is 12.4 Å². The molecule has 1 fully saturated rings. The predicted octanol–water partition coefficient (Wildman–Crippen LogP) is 2.20. The van der Waals surface area contributed by atoms with Gasteiger partial charge in [-0.15, -0.1) is 12.4 Å². The van der Waals surface area contributed by atoms with Crippen LogP contribution in [-0.4, -0.2) is 18.5 Å². The lowest BCUT2D eigenvalue weighted by Crippen LogP contribution is -2.31. The zero-order valence-electron chi connectivity index (χ0n) is 11.4. The number of amides is 1. The molecule has 1 amide bonds. The first-order valence-electron chi connectivity index (χ1n) is 6.74. The zero-order chi connectivity index (χ0) is 13.0. The molecule has 2 unspecified atom stereocenters. The molecule has 0 bridgehead atoms. The highest BCUT2D eigenvalue weighted by Crippen LogP contribution is 2.23. The second-order valence-corrected chi connectivity index (χ2v) is 5.30. The highest BCUT2D eigenvalue weighted by atomic mass is 35.5. The largest absolute Gasteiger partial charge is 0.356 e. The maximum absolute atomic E-state index is 11.9. The lowest BCUT2D eigenvalue weighted by molar-refractivity contribution is -0.124. The Morgan fingerprint density at radius 2 is 2.00 bits per heavy atom. The summed E-state index contributed by atoms with van der Waals surface area (Å²) < 4.78 is 0. The number of aryl methyl sites for hydroxylation is 1. The topological polar surface area (TPSA) is 55.1 Å². The fourth-order valence-corrected chi connectivity index (χ4v) is 2.48. The van der Waals surface area contributed by atoms with Crippen LogP contribution in [0.25, 0.3) is 0 Å². The number of nitrogens with one attached hydrogen (secondary N) is 1. The molecule has 0 saturated heterocycles. The number of carbonyl (C=O) groups is 1. The Morgan fingerprint density at radius 1 is 1.32 bits per heavy atom. The van der Waals surface area contributed by atoms with Gasteiger partial charge >= 0.3 is 0 Å². The smallest absolute Gasteiger partial charge is 0.223 e. The average Bonchev–Trinajstić information content (AvgIpc) is 2.78. The Labute approximate surface area is 121 Å². The molecule has 2 rings (SSSR count). The Bertz CT molecular complexity index is 405. The molecule has 1 aliphatic carbocycles. The van der Waals surface area contributed by atoms with E-state index in [1.807, 2.05) is 0 Å². The van der Waals surface area contributed by atoms with Crippen LogP contribution in [0.5, 0.6) is 0 Å². The summed E-state index contributed by atoms with van der Waals surface area (Å²) in [5.74, 6) is 0.313. The van der Waals surface area contributed by atoms with Crippen LogP contribution in [0.1, 0.15) is 30.4 Å². The number of hydrogen-bond acceptors (Lipinski definition) is 2. The maximum atomic E-state index is 11.9. The molecule has 3 N–H and O–H groups in total.